The standard InChI is InChI=1S/C30H44O/c1-15-20-10-18(27(20,4)5)11-22(15)30(14-19-12-23(17(30)3)28(19,6)7)25-16(2)21-13-24(26(25)31)29(21,8)9/h18-19,22,24-26,31H,10-14H2,1-9H3/t18?,19?,22?,24?,25-,26?,30?/m1/s1. The maximum atomic E-state index is 12.0. The Bertz CT molecular complexity index is 982. The summed E-state index contributed by atoms with van der Waals surface area (Å²) in [5.74, 6) is 3.01. The van der Waals surface area contributed by atoms with Crippen molar-refractivity contribution in [3.05, 3.63) is 33.4 Å². The third-order valence-electron chi connectivity index (χ3n) is 12.8. The van der Waals surface area contributed by atoms with Crippen LogP contribution in [0.1, 0.15) is 94.4 Å². The lowest BCUT2D eigenvalue weighted by Crippen LogP contribution is -2.63. The fraction of sp³-hybridized carbons (Fsp3) is 0.800. The number of allylic oxidation sites excluding steroid dienone is 5. The predicted octanol–water partition coefficient (Wildman–Crippen LogP) is 7.47. The fourth-order valence-electron chi connectivity index (χ4n) is 10.3. The van der Waals surface area contributed by atoms with Crippen LogP contribution >= 0.6 is 0 Å². The van der Waals surface area contributed by atoms with Crippen LogP contribution in [0.3, 0.4) is 0 Å². The average Bonchev–Trinajstić information content (AvgIpc) is 2.67. The first-order valence-corrected chi connectivity index (χ1v) is 13.1. The van der Waals surface area contributed by atoms with Crippen LogP contribution in [0.4, 0.5) is 0 Å². The summed E-state index contributed by atoms with van der Waals surface area (Å²) in [6, 6.07) is 0. The van der Waals surface area contributed by atoms with Crippen LogP contribution in [-0.4, -0.2) is 11.2 Å². The van der Waals surface area contributed by atoms with Gasteiger partial charge in [0, 0.05) is 11.3 Å². The van der Waals surface area contributed by atoms with Gasteiger partial charge in [0.15, 0.2) is 0 Å². The summed E-state index contributed by atoms with van der Waals surface area (Å²) >= 11 is 0. The van der Waals surface area contributed by atoms with E-state index in [4.69, 9.17) is 0 Å². The highest BCUT2D eigenvalue weighted by Gasteiger charge is 2.67. The van der Waals surface area contributed by atoms with Crippen LogP contribution in [0.15, 0.2) is 33.4 Å². The van der Waals surface area contributed by atoms with Gasteiger partial charge in [-0.05, 0) is 92.8 Å². The lowest BCUT2D eigenvalue weighted by atomic mass is 9.35. The molecular formula is C30H44O. The van der Waals surface area contributed by atoms with Gasteiger partial charge in [-0.15, -0.1) is 0 Å². The van der Waals surface area contributed by atoms with Crippen molar-refractivity contribution in [2.75, 3.05) is 0 Å². The molecule has 6 unspecified atom stereocenters. The molecule has 0 amide bonds. The van der Waals surface area contributed by atoms with Crippen molar-refractivity contribution < 1.29 is 5.11 Å². The van der Waals surface area contributed by atoms with E-state index < -0.39 is 0 Å². The van der Waals surface area contributed by atoms with Gasteiger partial charge in [0.05, 0.1) is 6.10 Å². The zero-order chi connectivity index (χ0) is 22.5. The summed E-state index contributed by atoms with van der Waals surface area (Å²) in [5, 5.41) is 12.0. The Morgan fingerprint density at radius 3 is 1.77 bits per heavy atom. The van der Waals surface area contributed by atoms with E-state index in [1.165, 1.54) is 25.7 Å². The lowest BCUT2D eigenvalue weighted by Gasteiger charge is -2.69. The minimum absolute atomic E-state index is 0.141. The van der Waals surface area contributed by atoms with E-state index in [0.717, 1.165) is 18.3 Å². The van der Waals surface area contributed by atoms with Crippen LogP contribution < -0.4 is 0 Å². The van der Waals surface area contributed by atoms with Crippen LogP contribution in [0, 0.1) is 51.2 Å². The zero-order valence-electron chi connectivity index (χ0n) is 21.4. The van der Waals surface area contributed by atoms with Crippen LogP contribution in [0.2, 0.25) is 0 Å². The van der Waals surface area contributed by atoms with Crippen molar-refractivity contribution in [3.8, 4) is 0 Å². The van der Waals surface area contributed by atoms with E-state index in [1.807, 2.05) is 0 Å². The molecule has 3 saturated carbocycles. The van der Waals surface area contributed by atoms with Gasteiger partial charge >= 0.3 is 0 Å². The predicted molar refractivity (Wildman–Crippen MR) is 128 cm³/mol. The minimum atomic E-state index is -0.187. The first-order valence-electron chi connectivity index (χ1n) is 13.1. The minimum Gasteiger partial charge on any atom is -0.392 e. The van der Waals surface area contributed by atoms with Gasteiger partial charge < -0.3 is 5.11 Å². The molecule has 3 fully saturated rings. The van der Waals surface area contributed by atoms with Gasteiger partial charge in [0.1, 0.15) is 0 Å². The molecule has 0 aromatic rings. The molecule has 9 rings (SSSR count). The number of hydrogen-bond acceptors (Lipinski definition) is 1. The summed E-state index contributed by atoms with van der Waals surface area (Å²) in [5.41, 5.74) is 11.2. The molecule has 0 radical (unpaired) electrons. The van der Waals surface area contributed by atoms with Crippen molar-refractivity contribution in [2.24, 2.45) is 51.2 Å². The smallest absolute Gasteiger partial charge is 0.0653 e. The average molecular weight is 421 g/mol. The van der Waals surface area contributed by atoms with E-state index in [-0.39, 0.29) is 16.9 Å². The number of hydrogen-bond donors (Lipinski definition) is 1. The Balaban J connectivity index is 1.57. The van der Waals surface area contributed by atoms with E-state index in [1.54, 1.807) is 33.4 Å². The Morgan fingerprint density at radius 1 is 0.710 bits per heavy atom. The molecule has 9 aliphatic carbocycles. The third-order valence-corrected chi connectivity index (χ3v) is 12.8. The van der Waals surface area contributed by atoms with E-state index in [2.05, 4.69) is 62.3 Å². The molecule has 7 atom stereocenters. The van der Waals surface area contributed by atoms with E-state index >= 15 is 0 Å². The second kappa shape index (κ2) is 5.63. The van der Waals surface area contributed by atoms with Crippen LogP contribution in [-0.2, 0) is 0 Å². The van der Waals surface area contributed by atoms with Crippen molar-refractivity contribution in [1.29, 1.82) is 0 Å². The van der Waals surface area contributed by atoms with E-state index in [0.29, 0.717) is 28.6 Å². The highest BCUT2D eigenvalue weighted by atomic mass is 16.3. The number of aliphatic hydroxyl groups is 1. The van der Waals surface area contributed by atoms with Gasteiger partial charge in [-0.3, -0.25) is 0 Å². The van der Waals surface area contributed by atoms with Gasteiger partial charge in [-0.2, -0.15) is 0 Å². The van der Waals surface area contributed by atoms with Crippen molar-refractivity contribution in [1.82, 2.24) is 0 Å². The molecule has 31 heavy (non-hydrogen) atoms. The van der Waals surface area contributed by atoms with Crippen LogP contribution in [0.25, 0.3) is 0 Å². The molecular weight excluding hydrogens is 376 g/mol. The molecule has 1 nitrogen and oxygen atoms in total. The quantitative estimate of drug-likeness (QED) is 0.459. The molecule has 0 heterocycles. The summed E-state index contributed by atoms with van der Waals surface area (Å²) in [6.45, 7) is 22.1. The second-order valence-electron chi connectivity index (χ2n) is 14.2. The first kappa shape index (κ1) is 20.8. The van der Waals surface area contributed by atoms with Crippen molar-refractivity contribution in [2.45, 2.75) is 101 Å². The Hall–Kier alpha value is -0.820. The number of aliphatic hydroxyl groups excluding tert-OH is 1. The molecule has 1 N–H and O–H groups in total. The lowest BCUT2D eigenvalue weighted by molar-refractivity contribution is -0.110. The molecule has 0 spiro atoms. The highest BCUT2D eigenvalue weighted by molar-refractivity contribution is 5.49. The Morgan fingerprint density at radius 2 is 1.29 bits per heavy atom. The van der Waals surface area contributed by atoms with Gasteiger partial charge in [-0.25, -0.2) is 0 Å². The Kier molecular flexibility index (Phi) is 3.77. The maximum Gasteiger partial charge on any atom is 0.0653 e. The normalized spacial score (nSPS) is 48.2. The molecule has 170 valence electrons. The van der Waals surface area contributed by atoms with Gasteiger partial charge in [0.2, 0.25) is 0 Å². The molecule has 0 aromatic heterocycles. The van der Waals surface area contributed by atoms with Crippen molar-refractivity contribution in [3.63, 3.8) is 0 Å². The molecule has 6 bridgehead atoms. The summed E-state index contributed by atoms with van der Waals surface area (Å²) in [4.78, 5) is 0. The number of fused-ring (bicyclic) bond motifs is 8. The topological polar surface area (TPSA) is 20.2 Å². The first-order chi connectivity index (χ1) is 14.3. The van der Waals surface area contributed by atoms with Crippen molar-refractivity contribution >= 4 is 0 Å². The molecule has 1 heteroatoms. The van der Waals surface area contributed by atoms with Gasteiger partial charge in [0.25, 0.3) is 0 Å². The monoisotopic (exact) mass is 420 g/mol. The van der Waals surface area contributed by atoms with E-state index in [9.17, 15) is 5.11 Å². The fourth-order valence-corrected chi connectivity index (χ4v) is 10.3. The molecule has 9 aliphatic rings. The third kappa shape index (κ3) is 2.06. The summed E-state index contributed by atoms with van der Waals surface area (Å²) in [7, 11) is 0. The second-order valence-corrected chi connectivity index (χ2v) is 14.2. The molecule has 0 aromatic carbocycles. The summed E-state index contributed by atoms with van der Waals surface area (Å²) < 4.78 is 0. The SMILES string of the molecule is CC1=C2CC(CC1C1([C@@H]3C(C)=C4CC(C3O)C4(C)C)CC3CC(=C1C)C3(C)C)C2(C)C. The van der Waals surface area contributed by atoms with Crippen LogP contribution in [0.5, 0.6) is 0 Å². The molecule has 0 saturated heterocycles. The maximum absolute atomic E-state index is 12.0. The Labute approximate surface area is 190 Å². The molecule has 0 aliphatic heterocycles. The summed E-state index contributed by atoms with van der Waals surface area (Å²) in [6.07, 6.45) is 6.21. The number of rotatable bonds is 2. The van der Waals surface area contributed by atoms with Gasteiger partial charge in [-0.1, -0.05) is 75.0 Å². The zero-order valence-corrected chi connectivity index (χ0v) is 21.4. The highest BCUT2D eigenvalue weighted by Crippen LogP contribution is 2.75. The largest absolute Gasteiger partial charge is 0.392 e.